The van der Waals surface area contributed by atoms with Crippen molar-refractivity contribution >= 4 is 25.3 Å². The van der Waals surface area contributed by atoms with Crippen LogP contribution in [0.4, 0.5) is 0 Å². The summed E-state index contributed by atoms with van der Waals surface area (Å²) in [5.74, 6) is 0. The second-order valence-corrected chi connectivity index (χ2v) is 4.00. The lowest BCUT2D eigenvalue weighted by Gasteiger charge is -2.07. The van der Waals surface area contributed by atoms with Gasteiger partial charge in [-0.25, -0.2) is 0 Å². The Labute approximate surface area is 94.8 Å². The molecule has 0 aliphatic heterocycles. The van der Waals surface area contributed by atoms with Gasteiger partial charge in [-0.3, -0.25) is 0 Å². The Balaban J connectivity index is 2.63. The van der Waals surface area contributed by atoms with Crippen molar-refractivity contribution in [3.8, 4) is 11.1 Å². The van der Waals surface area contributed by atoms with Gasteiger partial charge in [0.15, 0.2) is 0 Å². The zero-order valence-corrected chi connectivity index (χ0v) is 9.30. The van der Waals surface area contributed by atoms with Crippen LogP contribution >= 0.6 is 25.3 Å². The van der Waals surface area contributed by atoms with Crippen LogP contribution in [0.1, 0.15) is 0 Å². The zero-order valence-electron chi connectivity index (χ0n) is 7.51. The van der Waals surface area contributed by atoms with Gasteiger partial charge in [0.25, 0.3) is 0 Å². The Morgan fingerprint density at radius 3 is 1.79 bits per heavy atom. The average molecular weight is 218 g/mol. The van der Waals surface area contributed by atoms with E-state index in [-0.39, 0.29) is 0 Å². The third-order valence-corrected chi connectivity index (χ3v) is 2.83. The molecule has 2 rings (SSSR count). The Morgan fingerprint density at radius 2 is 1.21 bits per heavy atom. The molecule has 0 aromatic heterocycles. The summed E-state index contributed by atoms with van der Waals surface area (Å²) in [5.41, 5.74) is 2.25. The fourth-order valence-corrected chi connectivity index (χ4v) is 2.19. The molecule has 0 heterocycles. The number of rotatable bonds is 1. The normalized spacial score (nSPS) is 10.1. The van der Waals surface area contributed by atoms with Gasteiger partial charge in [-0.2, -0.15) is 0 Å². The summed E-state index contributed by atoms with van der Waals surface area (Å²) in [6.45, 7) is 0. The van der Waals surface area contributed by atoms with Crippen molar-refractivity contribution in [1.29, 1.82) is 0 Å². The first-order valence-electron chi connectivity index (χ1n) is 4.35. The molecule has 0 saturated carbocycles. The second-order valence-electron chi connectivity index (χ2n) is 3.04. The molecule has 70 valence electrons. The summed E-state index contributed by atoms with van der Waals surface area (Å²) >= 11 is 8.86. The fourth-order valence-electron chi connectivity index (χ4n) is 1.43. The van der Waals surface area contributed by atoms with Crippen LogP contribution in [0.2, 0.25) is 0 Å². The van der Waals surface area contributed by atoms with E-state index in [0.29, 0.717) is 0 Å². The van der Waals surface area contributed by atoms with E-state index < -0.39 is 0 Å². The molecule has 0 saturated heterocycles. The predicted molar refractivity (Wildman–Crippen MR) is 66.4 cm³/mol. The highest BCUT2D eigenvalue weighted by atomic mass is 32.1. The topological polar surface area (TPSA) is 0 Å². The van der Waals surface area contributed by atoms with Crippen LogP contribution in [0.15, 0.2) is 58.3 Å². The molecule has 0 spiro atoms. The second kappa shape index (κ2) is 4.11. The molecule has 0 radical (unpaired) electrons. The maximum Gasteiger partial charge on any atom is 0.0130 e. The minimum absolute atomic E-state index is 0.962. The first-order chi connectivity index (χ1) is 6.79. The summed E-state index contributed by atoms with van der Waals surface area (Å²) in [4.78, 5) is 1.92. The molecular weight excluding hydrogens is 208 g/mol. The van der Waals surface area contributed by atoms with E-state index in [9.17, 15) is 0 Å². The molecule has 2 aromatic rings. The molecule has 0 amide bonds. The van der Waals surface area contributed by atoms with Gasteiger partial charge < -0.3 is 0 Å². The van der Waals surface area contributed by atoms with Crippen LogP contribution in [0, 0.1) is 0 Å². The predicted octanol–water partition coefficient (Wildman–Crippen LogP) is 3.93. The molecule has 14 heavy (non-hydrogen) atoms. The average Bonchev–Trinajstić information content (AvgIpc) is 2.19. The molecule has 0 fully saturated rings. The van der Waals surface area contributed by atoms with E-state index in [0.717, 1.165) is 20.9 Å². The summed E-state index contributed by atoms with van der Waals surface area (Å²) < 4.78 is 0. The van der Waals surface area contributed by atoms with Crippen molar-refractivity contribution in [2.75, 3.05) is 0 Å². The highest BCUT2D eigenvalue weighted by Crippen LogP contribution is 2.31. The van der Waals surface area contributed by atoms with Gasteiger partial charge in [-0.1, -0.05) is 36.4 Å². The summed E-state index contributed by atoms with van der Waals surface area (Å²) in [6.07, 6.45) is 0. The van der Waals surface area contributed by atoms with Gasteiger partial charge >= 0.3 is 0 Å². The van der Waals surface area contributed by atoms with E-state index in [1.165, 1.54) is 0 Å². The van der Waals surface area contributed by atoms with Gasteiger partial charge in [0.2, 0.25) is 0 Å². The first kappa shape index (κ1) is 9.69. The number of thiol groups is 2. The summed E-state index contributed by atoms with van der Waals surface area (Å²) in [7, 11) is 0. The van der Waals surface area contributed by atoms with Gasteiger partial charge in [-0.15, -0.1) is 25.3 Å². The van der Waals surface area contributed by atoms with Crippen LogP contribution in [-0.4, -0.2) is 0 Å². The van der Waals surface area contributed by atoms with Crippen LogP contribution in [0.3, 0.4) is 0 Å². The van der Waals surface area contributed by atoms with Crippen molar-refractivity contribution in [3.05, 3.63) is 48.5 Å². The van der Waals surface area contributed by atoms with Crippen molar-refractivity contribution in [3.63, 3.8) is 0 Å². The molecule has 0 aliphatic rings. The van der Waals surface area contributed by atoms with Crippen LogP contribution in [0.5, 0.6) is 0 Å². The van der Waals surface area contributed by atoms with E-state index in [1.54, 1.807) is 0 Å². The highest BCUT2D eigenvalue weighted by Gasteiger charge is 2.04. The lowest BCUT2D eigenvalue weighted by molar-refractivity contribution is 1.34. The van der Waals surface area contributed by atoms with Crippen molar-refractivity contribution in [1.82, 2.24) is 0 Å². The Bertz CT molecular complexity index is 415. The largest absolute Gasteiger partial charge is 0.143 e. The van der Waals surface area contributed by atoms with Gasteiger partial charge in [0.1, 0.15) is 0 Å². The Morgan fingerprint density at radius 1 is 0.643 bits per heavy atom. The highest BCUT2D eigenvalue weighted by molar-refractivity contribution is 7.81. The van der Waals surface area contributed by atoms with E-state index in [2.05, 4.69) is 37.4 Å². The van der Waals surface area contributed by atoms with Crippen molar-refractivity contribution < 1.29 is 0 Å². The zero-order chi connectivity index (χ0) is 9.97. The molecular formula is C12H10S2. The molecule has 0 nitrogen and oxygen atoms in total. The van der Waals surface area contributed by atoms with Gasteiger partial charge in [-0.05, 0) is 17.7 Å². The minimum Gasteiger partial charge on any atom is -0.143 e. The molecule has 0 unspecified atom stereocenters. The molecule has 2 heteroatoms. The molecule has 0 aliphatic carbocycles. The smallest absolute Gasteiger partial charge is 0.0130 e. The third kappa shape index (κ3) is 1.81. The molecule has 0 atom stereocenters. The standard InChI is InChI=1S/C12H10S2/c13-10-7-4-8-11(14)12(10)9-5-2-1-3-6-9/h1-8,13-14H. The first-order valence-corrected chi connectivity index (χ1v) is 5.25. The lowest BCUT2D eigenvalue weighted by Crippen LogP contribution is -1.81. The molecule has 2 aromatic carbocycles. The molecule has 0 N–H and O–H groups in total. The maximum absolute atomic E-state index is 4.43. The third-order valence-electron chi connectivity index (χ3n) is 2.08. The quantitative estimate of drug-likeness (QED) is 0.666. The van der Waals surface area contributed by atoms with Crippen LogP contribution in [0.25, 0.3) is 11.1 Å². The number of hydrogen-bond acceptors (Lipinski definition) is 2. The maximum atomic E-state index is 4.43. The monoisotopic (exact) mass is 218 g/mol. The summed E-state index contributed by atoms with van der Waals surface area (Å²) in [6, 6.07) is 16.1. The van der Waals surface area contributed by atoms with Crippen molar-refractivity contribution in [2.45, 2.75) is 9.79 Å². The van der Waals surface area contributed by atoms with Crippen LogP contribution < -0.4 is 0 Å². The minimum atomic E-state index is 0.962. The Kier molecular flexibility index (Phi) is 2.85. The van der Waals surface area contributed by atoms with E-state index in [4.69, 9.17) is 0 Å². The van der Waals surface area contributed by atoms with Gasteiger partial charge in [0.05, 0.1) is 0 Å². The number of benzene rings is 2. The van der Waals surface area contributed by atoms with Crippen LogP contribution in [-0.2, 0) is 0 Å². The van der Waals surface area contributed by atoms with E-state index >= 15 is 0 Å². The SMILES string of the molecule is Sc1cccc(S)c1-c1ccccc1. The van der Waals surface area contributed by atoms with Gasteiger partial charge in [0, 0.05) is 15.4 Å². The molecule has 0 bridgehead atoms. The summed E-state index contributed by atoms with van der Waals surface area (Å²) in [5, 5.41) is 0. The Hall–Kier alpha value is -0.860. The lowest BCUT2D eigenvalue weighted by atomic mass is 10.1. The van der Waals surface area contributed by atoms with E-state index in [1.807, 2.05) is 36.4 Å². The number of hydrogen-bond donors (Lipinski definition) is 2. The van der Waals surface area contributed by atoms with Crippen molar-refractivity contribution in [2.24, 2.45) is 0 Å². The fraction of sp³-hybridized carbons (Fsp3) is 0.